The summed E-state index contributed by atoms with van der Waals surface area (Å²) >= 11 is 0. The molecule has 2 aromatic heterocycles. The van der Waals surface area contributed by atoms with Gasteiger partial charge in [0.15, 0.2) is 0 Å². The molecule has 1 aromatic carbocycles. The number of rotatable bonds is 4. The number of fused-ring (bicyclic) bond motifs is 1. The summed E-state index contributed by atoms with van der Waals surface area (Å²) in [6.07, 6.45) is 4.74. The van der Waals surface area contributed by atoms with Crippen LogP contribution in [0.1, 0.15) is 24.4 Å². The van der Waals surface area contributed by atoms with E-state index in [0.717, 1.165) is 24.5 Å². The lowest BCUT2D eigenvalue weighted by Gasteiger charge is -2.34. The molecule has 0 unspecified atom stereocenters. The molecule has 1 atom stereocenters. The molecule has 3 heterocycles. The lowest BCUT2D eigenvalue weighted by atomic mass is 10.1. The number of aromatic nitrogens is 3. The van der Waals surface area contributed by atoms with Gasteiger partial charge in [-0.1, -0.05) is 18.2 Å². The first-order chi connectivity index (χ1) is 12.7. The fourth-order valence-corrected chi connectivity index (χ4v) is 3.47. The average molecular weight is 349 g/mol. The molecule has 0 aliphatic carbocycles. The van der Waals surface area contributed by atoms with E-state index in [0.29, 0.717) is 13.0 Å². The minimum atomic E-state index is -0.00700. The summed E-state index contributed by atoms with van der Waals surface area (Å²) in [4.78, 5) is 14.4. The maximum absolute atomic E-state index is 12.5. The van der Waals surface area contributed by atoms with E-state index in [9.17, 15) is 4.79 Å². The van der Waals surface area contributed by atoms with Gasteiger partial charge in [0.05, 0.1) is 17.4 Å². The van der Waals surface area contributed by atoms with Crippen LogP contribution in [0.15, 0.2) is 60.9 Å². The molecule has 2 amide bonds. The Morgan fingerprint density at radius 1 is 1.12 bits per heavy atom. The van der Waals surface area contributed by atoms with Crippen molar-refractivity contribution in [2.45, 2.75) is 25.9 Å². The van der Waals surface area contributed by atoms with Crippen molar-refractivity contribution in [3.63, 3.8) is 0 Å². The van der Waals surface area contributed by atoms with Gasteiger partial charge in [-0.25, -0.2) is 9.48 Å². The van der Waals surface area contributed by atoms with Crippen molar-refractivity contribution < 1.29 is 4.79 Å². The van der Waals surface area contributed by atoms with Crippen molar-refractivity contribution in [2.75, 3.05) is 13.1 Å². The Balaban J connectivity index is 1.31. The van der Waals surface area contributed by atoms with Crippen LogP contribution in [0.2, 0.25) is 0 Å². The number of amides is 2. The molecule has 26 heavy (non-hydrogen) atoms. The van der Waals surface area contributed by atoms with E-state index < -0.39 is 0 Å². The fourth-order valence-electron chi connectivity index (χ4n) is 3.47. The van der Waals surface area contributed by atoms with Crippen LogP contribution in [0.25, 0.3) is 5.69 Å². The predicted octanol–water partition coefficient (Wildman–Crippen LogP) is 3.00. The number of nitrogens with one attached hydrogen (secondary N) is 1. The Bertz CT molecular complexity index is 883. The van der Waals surface area contributed by atoms with E-state index in [1.165, 1.54) is 5.69 Å². The van der Waals surface area contributed by atoms with Crippen LogP contribution >= 0.6 is 0 Å². The number of nitrogens with zero attached hydrogens (tertiary/aromatic N) is 4. The third kappa shape index (κ3) is 3.22. The van der Waals surface area contributed by atoms with E-state index in [-0.39, 0.29) is 12.1 Å². The van der Waals surface area contributed by atoms with Crippen molar-refractivity contribution in [1.29, 1.82) is 0 Å². The number of urea groups is 1. The van der Waals surface area contributed by atoms with Gasteiger partial charge in [0.1, 0.15) is 0 Å². The van der Waals surface area contributed by atoms with Gasteiger partial charge in [-0.2, -0.15) is 5.10 Å². The van der Waals surface area contributed by atoms with Crippen LogP contribution in [-0.2, 0) is 13.0 Å². The highest BCUT2D eigenvalue weighted by atomic mass is 16.2. The smallest absolute Gasteiger partial charge is 0.318 e. The Labute approximate surface area is 153 Å². The highest BCUT2D eigenvalue weighted by molar-refractivity contribution is 5.74. The van der Waals surface area contributed by atoms with Crippen molar-refractivity contribution >= 4 is 6.03 Å². The summed E-state index contributed by atoms with van der Waals surface area (Å²) in [7, 11) is 0. The molecular weight excluding hydrogens is 326 g/mol. The first kappa shape index (κ1) is 16.4. The summed E-state index contributed by atoms with van der Waals surface area (Å²) in [5.74, 6) is 0. The highest BCUT2D eigenvalue weighted by Crippen LogP contribution is 2.25. The number of hydrogen-bond acceptors (Lipinski definition) is 2. The lowest BCUT2D eigenvalue weighted by Crippen LogP contribution is -2.46. The van der Waals surface area contributed by atoms with Gasteiger partial charge in [0.25, 0.3) is 0 Å². The van der Waals surface area contributed by atoms with Gasteiger partial charge in [0.2, 0.25) is 0 Å². The summed E-state index contributed by atoms with van der Waals surface area (Å²) in [6, 6.07) is 16.2. The molecule has 1 aliphatic heterocycles. The minimum Gasteiger partial charge on any atom is -0.348 e. The molecule has 134 valence electrons. The Morgan fingerprint density at radius 3 is 2.81 bits per heavy atom. The quantitative estimate of drug-likeness (QED) is 0.787. The fraction of sp³-hybridized carbons (Fsp3) is 0.300. The van der Waals surface area contributed by atoms with E-state index in [1.54, 1.807) is 0 Å². The number of para-hydroxylation sites is 1. The molecule has 4 rings (SSSR count). The monoisotopic (exact) mass is 349 g/mol. The van der Waals surface area contributed by atoms with Crippen molar-refractivity contribution in [3.05, 3.63) is 72.3 Å². The molecule has 0 saturated heterocycles. The van der Waals surface area contributed by atoms with Crippen LogP contribution in [0.3, 0.4) is 0 Å². The number of hydrogen-bond donors (Lipinski definition) is 1. The van der Waals surface area contributed by atoms with Crippen LogP contribution in [0, 0.1) is 0 Å². The van der Waals surface area contributed by atoms with Crippen LogP contribution in [0.4, 0.5) is 4.79 Å². The first-order valence-electron chi connectivity index (χ1n) is 9.02. The SMILES string of the molecule is C[C@@H]1c2cccn2CCN1C(=O)NCCc1ccn(-c2ccccc2)n1. The van der Waals surface area contributed by atoms with Gasteiger partial charge in [-0.05, 0) is 37.3 Å². The normalized spacial score (nSPS) is 16.3. The molecule has 0 radical (unpaired) electrons. The van der Waals surface area contributed by atoms with Gasteiger partial charge in [-0.15, -0.1) is 0 Å². The second-order valence-electron chi connectivity index (χ2n) is 6.56. The van der Waals surface area contributed by atoms with Gasteiger partial charge >= 0.3 is 6.03 Å². The van der Waals surface area contributed by atoms with Crippen molar-refractivity contribution in [3.8, 4) is 5.69 Å². The minimum absolute atomic E-state index is 0.00700. The van der Waals surface area contributed by atoms with Gasteiger partial charge in [0, 0.05) is 44.1 Å². The molecule has 0 fully saturated rings. The van der Waals surface area contributed by atoms with E-state index >= 15 is 0 Å². The van der Waals surface area contributed by atoms with Crippen molar-refractivity contribution in [1.82, 2.24) is 24.6 Å². The van der Waals surface area contributed by atoms with Gasteiger partial charge < -0.3 is 14.8 Å². The predicted molar refractivity (Wildman–Crippen MR) is 100 cm³/mol. The second kappa shape index (κ2) is 7.07. The topological polar surface area (TPSA) is 55.1 Å². The molecule has 6 heteroatoms. The molecular formula is C20H23N5O. The van der Waals surface area contributed by atoms with Crippen LogP contribution < -0.4 is 5.32 Å². The average Bonchev–Trinajstić information content (AvgIpc) is 3.32. The van der Waals surface area contributed by atoms with Crippen LogP contribution in [-0.4, -0.2) is 38.4 Å². The maximum atomic E-state index is 12.5. The molecule has 1 aliphatic rings. The zero-order valence-corrected chi connectivity index (χ0v) is 14.9. The van der Waals surface area contributed by atoms with E-state index in [1.807, 2.05) is 58.2 Å². The maximum Gasteiger partial charge on any atom is 0.318 e. The molecule has 0 spiro atoms. The standard InChI is InChI=1S/C20H23N5O/c1-16-19-8-5-12-23(19)14-15-24(16)20(26)21-11-9-17-10-13-25(22-17)18-6-3-2-4-7-18/h2-8,10,12-13,16H,9,11,14-15H2,1H3,(H,21,26)/t16-/m1/s1. The second-order valence-corrected chi connectivity index (χ2v) is 6.56. The zero-order chi connectivity index (χ0) is 17.9. The number of benzene rings is 1. The summed E-state index contributed by atoms with van der Waals surface area (Å²) in [5.41, 5.74) is 3.19. The Morgan fingerprint density at radius 2 is 1.96 bits per heavy atom. The molecule has 6 nitrogen and oxygen atoms in total. The largest absolute Gasteiger partial charge is 0.348 e. The molecule has 0 bridgehead atoms. The lowest BCUT2D eigenvalue weighted by molar-refractivity contribution is 0.162. The zero-order valence-electron chi connectivity index (χ0n) is 14.9. The summed E-state index contributed by atoms with van der Waals surface area (Å²) < 4.78 is 4.07. The number of carbonyl (C=O) groups is 1. The number of carbonyl (C=O) groups excluding carboxylic acids is 1. The summed E-state index contributed by atoms with van der Waals surface area (Å²) in [6.45, 7) is 4.24. The Kier molecular flexibility index (Phi) is 4.48. The first-order valence-corrected chi connectivity index (χ1v) is 9.02. The third-order valence-corrected chi connectivity index (χ3v) is 4.93. The van der Waals surface area contributed by atoms with E-state index in [4.69, 9.17) is 0 Å². The Hall–Kier alpha value is -3.02. The highest BCUT2D eigenvalue weighted by Gasteiger charge is 2.26. The third-order valence-electron chi connectivity index (χ3n) is 4.93. The van der Waals surface area contributed by atoms with Crippen molar-refractivity contribution in [2.24, 2.45) is 0 Å². The van der Waals surface area contributed by atoms with Crippen LogP contribution in [0.5, 0.6) is 0 Å². The van der Waals surface area contributed by atoms with E-state index in [2.05, 4.69) is 34.2 Å². The summed E-state index contributed by atoms with van der Waals surface area (Å²) in [5, 5.41) is 7.61. The van der Waals surface area contributed by atoms with Gasteiger partial charge in [-0.3, -0.25) is 0 Å². The molecule has 3 aromatic rings. The molecule has 1 N–H and O–H groups in total. The molecule has 0 saturated carbocycles.